The highest BCUT2D eigenvalue weighted by molar-refractivity contribution is 7.92. The van der Waals surface area contributed by atoms with Gasteiger partial charge < -0.3 is 10.1 Å². The van der Waals surface area contributed by atoms with E-state index in [-0.39, 0.29) is 22.7 Å². The van der Waals surface area contributed by atoms with Gasteiger partial charge in [0.15, 0.2) is 0 Å². The Morgan fingerprint density at radius 3 is 2.56 bits per heavy atom. The van der Waals surface area contributed by atoms with Crippen LogP contribution >= 0.6 is 0 Å². The van der Waals surface area contributed by atoms with Gasteiger partial charge in [0.1, 0.15) is 0 Å². The van der Waals surface area contributed by atoms with Crippen LogP contribution in [0, 0.1) is 0 Å². The van der Waals surface area contributed by atoms with E-state index >= 15 is 0 Å². The topological polar surface area (TPSA) is 75.7 Å². The number of alkyl halides is 3. The van der Waals surface area contributed by atoms with Crippen molar-refractivity contribution in [2.75, 3.05) is 30.6 Å². The number of anilines is 1. The van der Waals surface area contributed by atoms with Gasteiger partial charge in [0.25, 0.3) is 15.9 Å². The quantitative estimate of drug-likeness (QED) is 0.394. The molecule has 174 valence electrons. The van der Waals surface area contributed by atoms with Gasteiger partial charge in [0.05, 0.1) is 22.7 Å². The van der Waals surface area contributed by atoms with Gasteiger partial charge in [-0.3, -0.25) is 9.10 Å². The van der Waals surface area contributed by atoms with E-state index in [0.717, 1.165) is 22.5 Å². The zero-order valence-corrected chi connectivity index (χ0v) is 18.4. The minimum atomic E-state index is -4.63. The van der Waals surface area contributed by atoms with Crippen molar-refractivity contribution in [2.45, 2.75) is 24.4 Å². The first-order chi connectivity index (χ1) is 15.1. The molecule has 6 nitrogen and oxygen atoms in total. The van der Waals surface area contributed by atoms with Gasteiger partial charge in [-0.25, -0.2) is 8.42 Å². The van der Waals surface area contributed by atoms with E-state index in [0.29, 0.717) is 26.2 Å². The summed E-state index contributed by atoms with van der Waals surface area (Å²) in [6.45, 7) is 6.52. The number of carbonyl (C=O) groups excluding carboxylic acids is 1. The van der Waals surface area contributed by atoms with Crippen LogP contribution in [-0.2, 0) is 20.9 Å². The average Bonchev–Trinajstić information content (AvgIpc) is 2.76. The van der Waals surface area contributed by atoms with Crippen LogP contribution in [0.15, 0.2) is 66.1 Å². The molecule has 0 aliphatic heterocycles. The summed E-state index contributed by atoms with van der Waals surface area (Å²) < 4.78 is 71.8. The van der Waals surface area contributed by atoms with E-state index in [1.165, 1.54) is 36.4 Å². The molecule has 0 saturated heterocycles. The summed E-state index contributed by atoms with van der Waals surface area (Å²) in [4.78, 5) is 12.2. The lowest BCUT2D eigenvalue weighted by Gasteiger charge is -2.24. The maximum atomic E-state index is 13.2. The lowest BCUT2D eigenvalue weighted by atomic mass is 10.2. The number of nitrogens with one attached hydrogen (secondary N) is 1. The molecule has 1 amide bonds. The largest absolute Gasteiger partial charge is 0.416 e. The van der Waals surface area contributed by atoms with Crippen molar-refractivity contribution in [3.63, 3.8) is 0 Å². The molecular formula is C22H25F3N2O4S. The summed E-state index contributed by atoms with van der Waals surface area (Å²) >= 11 is 0. The van der Waals surface area contributed by atoms with Crippen molar-refractivity contribution in [3.8, 4) is 0 Å². The number of ether oxygens (including phenoxy) is 1. The first kappa shape index (κ1) is 25.4. The molecule has 2 aromatic rings. The Morgan fingerprint density at radius 1 is 1.19 bits per heavy atom. The van der Waals surface area contributed by atoms with E-state index in [4.69, 9.17) is 4.74 Å². The zero-order chi connectivity index (χ0) is 23.8. The number of hydrogen-bond acceptors (Lipinski definition) is 4. The molecule has 0 heterocycles. The number of benzene rings is 2. The van der Waals surface area contributed by atoms with Gasteiger partial charge in [-0.1, -0.05) is 18.2 Å². The zero-order valence-electron chi connectivity index (χ0n) is 17.6. The normalized spacial score (nSPS) is 11.8. The molecule has 0 fully saturated rings. The van der Waals surface area contributed by atoms with Crippen molar-refractivity contribution in [2.24, 2.45) is 0 Å². The third-order valence-electron chi connectivity index (χ3n) is 4.40. The molecule has 0 atom stereocenters. The second kappa shape index (κ2) is 11.1. The van der Waals surface area contributed by atoms with E-state index in [9.17, 15) is 26.4 Å². The maximum absolute atomic E-state index is 13.2. The minimum absolute atomic E-state index is 0.116. The van der Waals surface area contributed by atoms with E-state index < -0.39 is 27.7 Å². The Balaban J connectivity index is 2.31. The van der Waals surface area contributed by atoms with Crippen LogP contribution < -0.4 is 9.62 Å². The highest BCUT2D eigenvalue weighted by atomic mass is 32.2. The van der Waals surface area contributed by atoms with Crippen molar-refractivity contribution < 1.29 is 31.1 Å². The molecule has 0 aromatic heterocycles. The molecule has 0 aliphatic rings. The Hall–Kier alpha value is -2.85. The van der Waals surface area contributed by atoms with Gasteiger partial charge in [-0.2, -0.15) is 13.2 Å². The Bertz CT molecular complexity index is 1040. The standard InChI is InChI=1S/C22H25F3N2O4S/c1-3-13-27(19-10-6-9-18(16-19)22(23,24)25)32(29,30)20-11-5-8-17(15-20)21(28)26-12-7-14-31-4-2/h3,5-6,8-11,15-16H,1,4,7,12-14H2,2H3,(H,26,28). The lowest BCUT2D eigenvalue weighted by Crippen LogP contribution is -2.32. The van der Waals surface area contributed by atoms with Crippen LogP contribution in [0.2, 0.25) is 0 Å². The van der Waals surface area contributed by atoms with Gasteiger partial charge in [-0.15, -0.1) is 6.58 Å². The average molecular weight is 471 g/mol. The number of carbonyl (C=O) groups is 1. The van der Waals surface area contributed by atoms with Crippen LogP contribution in [0.4, 0.5) is 18.9 Å². The molecule has 0 bridgehead atoms. The molecule has 10 heteroatoms. The van der Waals surface area contributed by atoms with Gasteiger partial charge >= 0.3 is 6.18 Å². The second-order valence-electron chi connectivity index (χ2n) is 6.71. The fraction of sp³-hybridized carbons (Fsp3) is 0.318. The van der Waals surface area contributed by atoms with E-state index in [2.05, 4.69) is 11.9 Å². The Morgan fingerprint density at radius 2 is 1.91 bits per heavy atom. The van der Waals surface area contributed by atoms with E-state index in [1.807, 2.05) is 6.92 Å². The first-order valence-electron chi connectivity index (χ1n) is 9.88. The highest BCUT2D eigenvalue weighted by Gasteiger charge is 2.32. The first-order valence-corrected chi connectivity index (χ1v) is 11.3. The molecule has 32 heavy (non-hydrogen) atoms. The van der Waals surface area contributed by atoms with Crippen LogP contribution in [-0.4, -0.2) is 40.6 Å². The number of hydrogen-bond donors (Lipinski definition) is 1. The molecule has 0 spiro atoms. The predicted molar refractivity (Wildman–Crippen MR) is 116 cm³/mol. The number of rotatable bonds is 11. The van der Waals surface area contributed by atoms with Crippen molar-refractivity contribution >= 4 is 21.6 Å². The monoisotopic (exact) mass is 470 g/mol. The van der Waals surface area contributed by atoms with Crippen LogP contribution in [0.1, 0.15) is 29.3 Å². The summed E-state index contributed by atoms with van der Waals surface area (Å²) in [5.41, 5.74) is -1.02. The Labute approximate surface area is 185 Å². The third kappa shape index (κ3) is 6.57. The lowest BCUT2D eigenvalue weighted by molar-refractivity contribution is -0.137. The van der Waals surface area contributed by atoms with Crippen molar-refractivity contribution in [1.29, 1.82) is 0 Å². The summed E-state index contributed by atoms with van der Waals surface area (Å²) in [5, 5.41) is 2.68. The van der Waals surface area contributed by atoms with Crippen LogP contribution in [0.25, 0.3) is 0 Å². The molecule has 2 rings (SSSR count). The Kier molecular flexibility index (Phi) is 8.85. The highest BCUT2D eigenvalue weighted by Crippen LogP contribution is 2.33. The number of nitrogens with zero attached hydrogens (tertiary/aromatic N) is 1. The minimum Gasteiger partial charge on any atom is -0.382 e. The third-order valence-corrected chi connectivity index (χ3v) is 6.19. The summed E-state index contributed by atoms with van der Waals surface area (Å²) in [6.07, 6.45) is -2.76. The summed E-state index contributed by atoms with van der Waals surface area (Å²) in [6, 6.07) is 9.36. The van der Waals surface area contributed by atoms with Gasteiger partial charge in [-0.05, 0) is 49.7 Å². The van der Waals surface area contributed by atoms with Crippen LogP contribution in [0.3, 0.4) is 0 Å². The van der Waals surface area contributed by atoms with E-state index in [1.54, 1.807) is 0 Å². The van der Waals surface area contributed by atoms with Gasteiger partial charge in [0, 0.05) is 25.3 Å². The molecule has 0 radical (unpaired) electrons. The predicted octanol–water partition coefficient (Wildman–Crippen LogP) is 4.24. The summed E-state index contributed by atoms with van der Waals surface area (Å²) in [5.74, 6) is -0.465. The number of sulfonamides is 1. The smallest absolute Gasteiger partial charge is 0.382 e. The number of amides is 1. The summed E-state index contributed by atoms with van der Waals surface area (Å²) in [7, 11) is -4.27. The fourth-order valence-electron chi connectivity index (χ4n) is 2.84. The molecule has 1 N–H and O–H groups in total. The van der Waals surface area contributed by atoms with Crippen molar-refractivity contribution in [1.82, 2.24) is 5.32 Å². The fourth-order valence-corrected chi connectivity index (χ4v) is 4.32. The van der Waals surface area contributed by atoms with Crippen molar-refractivity contribution in [3.05, 3.63) is 72.3 Å². The maximum Gasteiger partial charge on any atom is 0.416 e. The van der Waals surface area contributed by atoms with Crippen LogP contribution in [0.5, 0.6) is 0 Å². The van der Waals surface area contributed by atoms with Gasteiger partial charge in [0.2, 0.25) is 0 Å². The second-order valence-corrected chi connectivity index (χ2v) is 8.57. The SMILES string of the molecule is C=CCN(c1cccc(C(F)(F)F)c1)S(=O)(=O)c1cccc(C(=O)NCCCOCC)c1. The number of halogens is 3. The molecule has 0 aliphatic carbocycles. The molecular weight excluding hydrogens is 445 g/mol. The molecule has 0 unspecified atom stereocenters. The molecule has 2 aromatic carbocycles. The molecule has 0 saturated carbocycles.